The lowest BCUT2D eigenvalue weighted by Crippen LogP contribution is -1.99. The van der Waals surface area contributed by atoms with Crippen LogP contribution < -0.4 is 0 Å². The summed E-state index contributed by atoms with van der Waals surface area (Å²) in [6, 6.07) is 77.4. The number of aromatic nitrogens is 3. The number of benzene rings is 9. The first-order valence-electron chi connectivity index (χ1n) is 19.6. The second-order valence-electron chi connectivity index (χ2n) is 14.9. The van der Waals surface area contributed by atoms with Gasteiger partial charge in [-0.3, -0.25) is 0 Å². The van der Waals surface area contributed by atoms with E-state index in [9.17, 15) is 0 Å². The van der Waals surface area contributed by atoms with Crippen LogP contribution in [-0.2, 0) is 0 Å². The zero-order valence-electron chi connectivity index (χ0n) is 31.0. The molecule has 12 aromatic rings. The molecular weight excluding hydrogens is 691 g/mol. The molecule has 0 aliphatic heterocycles. The summed E-state index contributed by atoms with van der Waals surface area (Å²) in [7, 11) is 0. The van der Waals surface area contributed by atoms with Crippen LogP contribution >= 0.6 is 0 Å². The van der Waals surface area contributed by atoms with E-state index in [4.69, 9.17) is 0 Å². The third-order valence-corrected chi connectivity index (χ3v) is 11.8. The molecule has 0 unspecified atom stereocenters. The molecule has 0 saturated heterocycles. The van der Waals surface area contributed by atoms with E-state index in [1.165, 1.54) is 93.4 Å². The van der Waals surface area contributed by atoms with Crippen molar-refractivity contribution in [2.75, 3.05) is 0 Å². The molecule has 0 bridgehead atoms. The van der Waals surface area contributed by atoms with Gasteiger partial charge in [-0.05, 0) is 89.0 Å². The van der Waals surface area contributed by atoms with Crippen molar-refractivity contribution in [1.29, 1.82) is 0 Å². The summed E-state index contributed by atoms with van der Waals surface area (Å²) in [5, 5.41) is 7.49. The normalized spacial score (nSPS) is 11.9. The predicted molar refractivity (Wildman–Crippen MR) is 240 cm³/mol. The van der Waals surface area contributed by atoms with Gasteiger partial charge in [0.05, 0.1) is 33.1 Å². The molecule has 12 rings (SSSR count). The molecule has 3 heterocycles. The number of nitrogens with zero attached hydrogens (tertiary/aromatic N) is 3. The van der Waals surface area contributed by atoms with E-state index in [1.54, 1.807) is 0 Å². The van der Waals surface area contributed by atoms with Crippen LogP contribution in [0.2, 0.25) is 0 Å². The quantitative estimate of drug-likeness (QED) is 0.168. The maximum absolute atomic E-state index is 2.47. The molecule has 0 N–H and O–H groups in total. The third kappa shape index (κ3) is 4.79. The van der Waals surface area contributed by atoms with Crippen LogP contribution in [-0.4, -0.2) is 13.7 Å². The minimum absolute atomic E-state index is 1.13. The van der Waals surface area contributed by atoms with Gasteiger partial charge in [0, 0.05) is 49.4 Å². The third-order valence-electron chi connectivity index (χ3n) is 11.8. The van der Waals surface area contributed by atoms with Gasteiger partial charge < -0.3 is 13.7 Å². The highest BCUT2D eigenvalue weighted by atomic mass is 15.0. The van der Waals surface area contributed by atoms with Crippen molar-refractivity contribution in [3.8, 4) is 39.3 Å². The molecule has 0 amide bonds. The molecule has 0 spiro atoms. The first kappa shape index (κ1) is 31.7. The summed E-state index contributed by atoms with van der Waals surface area (Å²) in [5.74, 6) is 0. The van der Waals surface area contributed by atoms with Crippen LogP contribution in [0.25, 0.3) is 105 Å². The van der Waals surface area contributed by atoms with Gasteiger partial charge in [0.2, 0.25) is 0 Å². The van der Waals surface area contributed by atoms with Crippen molar-refractivity contribution in [3.63, 3.8) is 0 Å². The maximum atomic E-state index is 2.47. The summed E-state index contributed by atoms with van der Waals surface area (Å²) < 4.78 is 7.31. The van der Waals surface area contributed by atoms with E-state index in [1.807, 2.05) is 0 Å². The average Bonchev–Trinajstić information content (AvgIpc) is 3.93. The summed E-state index contributed by atoms with van der Waals surface area (Å²) in [6.07, 6.45) is 0. The highest BCUT2D eigenvalue weighted by Crippen LogP contribution is 2.42. The van der Waals surface area contributed by atoms with E-state index in [0.717, 1.165) is 11.4 Å². The maximum Gasteiger partial charge on any atom is 0.0788 e. The number of hydrogen-bond donors (Lipinski definition) is 0. The van der Waals surface area contributed by atoms with E-state index in [2.05, 4.69) is 226 Å². The van der Waals surface area contributed by atoms with Crippen molar-refractivity contribution < 1.29 is 0 Å². The Morgan fingerprint density at radius 1 is 0.211 bits per heavy atom. The summed E-state index contributed by atoms with van der Waals surface area (Å²) in [4.78, 5) is 0. The molecule has 3 heteroatoms. The highest BCUT2D eigenvalue weighted by molar-refractivity contribution is 6.24. The Morgan fingerprint density at radius 3 is 1.12 bits per heavy atom. The lowest BCUT2D eigenvalue weighted by Gasteiger charge is -2.14. The van der Waals surface area contributed by atoms with Gasteiger partial charge in [-0.2, -0.15) is 0 Å². The van der Waals surface area contributed by atoms with Crippen molar-refractivity contribution in [2.45, 2.75) is 0 Å². The predicted octanol–water partition coefficient (Wildman–Crippen LogP) is 14.3. The monoisotopic (exact) mass is 725 g/mol. The Kier molecular flexibility index (Phi) is 6.93. The largest absolute Gasteiger partial charge is 0.309 e. The van der Waals surface area contributed by atoms with Gasteiger partial charge >= 0.3 is 0 Å². The Bertz CT molecular complexity index is 3470. The lowest BCUT2D eigenvalue weighted by atomic mass is 10.0. The molecule has 0 aliphatic carbocycles. The minimum Gasteiger partial charge on any atom is -0.309 e. The van der Waals surface area contributed by atoms with Gasteiger partial charge in [0.25, 0.3) is 0 Å². The first-order valence-corrected chi connectivity index (χ1v) is 19.6. The Hall–Kier alpha value is -7.62. The Balaban J connectivity index is 1.05. The van der Waals surface area contributed by atoms with E-state index >= 15 is 0 Å². The molecule has 266 valence electrons. The highest BCUT2D eigenvalue weighted by Gasteiger charge is 2.21. The van der Waals surface area contributed by atoms with E-state index < -0.39 is 0 Å². The van der Waals surface area contributed by atoms with Gasteiger partial charge in [-0.1, -0.05) is 146 Å². The van der Waals surface area contributed by atoms with Crippen molar-refractivity contribution >= 4 is 65.4 Å². The molecule has 0 radical (unpaired) electrons. The molecular formula is C54H35N3. The fourth-order valence-electron chi connectivity index (χ4n) is 9.28. The van der Waals surface area contributed by atoms with Crippen LogP contribution in [0.4, 0.5) is 0 Å². The second kappa shape index (κ2) is 12.5. The van der Waals surface area contributed by atoms with Crippen molar-refractivity contribution in [2.24, 2.45) is 0 Å². The summed E-state index contributed by atoms with van der Waals surface area (Å²) >= 11 is 0. The molecule has 0 saturated carbocycles. The molecule has 3 aromatic heterocycles. The summed E-state index contributed by atoms with van der Waals surface area (Å²) in [6.45, 7) is 0. The first-order chi connectivity index (χ1) is 28.3. The number of fused-ring (bicyclic) bond motifs is 10. The molecule has 57 heavy (non-hydrogen) atoms. The van der Waals surface area contributed by atoms with Crippen LogP contribution in [0.15, 0.2) is 212 Å². The van der Waals surface area contributed by atoms with Crippen LogP contribution in [0.5, 0.6) is 0 Å². The Morgan fingerprint density at radius 2 is 0.579 bits per heavy atom. The second-order valence-corrected chi connectivity index (χ2v) is 14.9. The summed E-state index contributed by atoms with van der Waals surface area (Å²) in [5.41, 5.74) is 15.5. The molecule has 9 aromatic carbocycles. The fourth-order valence-corrected chi connectivity index (χ4v) is 9.28. The van der Waals surface area contributed by atoms with Gasteiger partial charge in [-0.15, -0.1) is 0 Å². The zero-order valence-corrected chi connectivity index (χ0v) is 31.0. The minimum atomic E-state index is 1.13. The molecule has 0 atom stereocenters. The topological polar surface area (TPSA) is 14.8 Å². The zero-order chi connectivity index (χ0) is 37.5. The van der Waals surface area contributed by atoms with Crippen LogP contribution in [0.3, 0.4) is 0 Å². The fraction of sp³-hybridized carbons (Fsp3) is 0. The van der Waals surface area contributed by atoms with Gasteiger partial charge in [0.1, 0.15) is 0 Å². The number of hydrogen-bond acceptors (Lipinski definition) is 0. The van der Waals surface area contributed by atoms with Gasteiger partial charge in [0.15, 0.2) is 0 Å². The lowest BCUT2D eigenvalue weighted by molar-refractivity contribution is 1.15. The van der Waals surface area contributed by atoms with E-state index in [0.29, 0.717) is 0 Å². The molecule has 3 nitrogen and oxygen atoms in total. The number of rotatable bonds is 5. The van der Waals surface area contributed by atoms with Gasteiger partial charge in [-0.25, -0.2) is 0 Å². The average molecular weight is 726 g/mol. The van der Waals surface area contributed by atoms with Crippen LogP contribution in [0, 0.1) is 0 Å². The van der Waals surface area contributed by atoms with Crippen molar-refractivity contribution in [3.05, 3.63) is 212 Å². The van der Waals surface area contributed by atoms with E-state index in [-0.39, 0.29) is 0 Å². The standard InChI is InChI=1S/C54H35N3/c1-3-13-36(14-4-1)37-23-28-41(29-24-37)56-50-21-11-7-17-43(50)46-32-33-47-44-18-8-12-22-51(44)57(54(47)53(46)56)42-30-25-38(26-31-42)39-27-34-52-48(35-39)45-19-9-10-20-49(45)55(52)40-15-5-2-6-16-40/h1-35H. The molecule has 0 fully saturated rings. The Labute approximate surface area is 329 Å². The van der Waals surface area contributed by atoms with Crippen LogP contribution in [0.1, 0.15) is 0 Å². The molecule has 0 aliphatic rings. The smallest absolute Gasteiger partial charge is 0.0788 e. The van der Waals surface area contributed by atoms with Crippen molar-refractivity contribution in [1.82, 2.24) is 13.7 Å². The SMILES string of the molecule is c1ccc(-c2ccc(-n3c4ccccc4c4ccc5c6ccccc6n(-c6ccc(-c7ccc8c(c7)c7ccccc7n8-c7ccccc7)cc6)c5c43)cc2)cc1. The number of para-hydroxylation sites is 4.